The Hall–Kier alpha value is -2.16. The van der Waals surface area contributed by atoms with Crippen LogP contribution in [0, 0.1) is 26.7 Å². The van der Waals surface area contributed by atoms with Crippen molar-refractivity contribution >= 4 is 17.7 Å². The molecule has 0 amide bonds. The van der Waals surface area contributed by atoms with Gasteiger partial charge >= 0.3 is 0 Å². The minimum atomic E-state index is -0.294. The number of hydrogen-bond acceptors (Lipinski definition) is 3. The van der Waals surface area contributed by atoms with E-state index in [0.29, 0.717) is 5.92 Å². The number of pyridine rings is 1. The summed E-state index contributed by atoms with van der Waals surface area (Å²) in [6.45, 7) is 13.2. The van der Waals surface area contributed by atoms with Crippen LogP contribution in [0.4, 0.5) is 11.5 Å². The number of hydrogen-bond donors (Lipinski definition) is 0. The van der Waals surface area contributed by atoms with Crippen molar-refractivity contribution in [1.29, 1.82) is 0 Å². The fraction of sp³-hybridized carbons (Fsp3) is 0.455. The molecule has 25 heavy (non-hydrogen) atoms. The smallest absolute Gasteiger partial charge is 0.155 e. The molecule has 0 aliphatic carbocycles. The highest BCUT2D eigenvalue weighted by atomic mass is 15.3. The average Bonchev–Trinajstić information content (AvgIpc) is 2.54. The van der Waals surface area contributed by atoms with Gasteiger partial charge in [-0.1, -0.05) is 31.5 Å². The fourth-order valence-corrected chi connectivity index (χ4v) is 3.68. The Bertz CT molecular complexity index is 835. The second kappa shape index (κ2) is 6.29. The van der Waals surface area contributed by atoms with Gasteiger partial charge in [-0.15, -0.1) is 0 Å². The molecule has 0 radical (unpaired) electrons. The summed E-state index contributed by atoms with van der Waals surface area (Å²) < 4.78 is 0. The van der Waals surface area contributed by atoms with Gasteiger partial charge in [0.25, 0.3) is 0 Å². The van der Waals surface area contributed by atoms with Crippen molar-refractivity contribution < 1.29 is 0 Å². The number of aryl methyl sites for hydroxylation is 2. The van der Waals surface area contributed by atoms with Gasteiger partial charge in [-0.2, -0.15) is 0 Å². The van der Waals surface area contributed by atoms with E-state index in [2.05, 4.69) is 84.0 Å². The molecule has 1 unspecified atom stereocenters. The Balaban J connectivity index is 2.10. The van der Waals surface area contributed by atoms with Crippen LogP contribution < -0.4 is 4.90 Å². The third kappa shape index (κ3) is 3.08. The van der Waals surface area contributed by atoms with Crippen molar-refractivity contribution in [2.75, 3.05) is 11.9 Å². The Labute approximate surface area is 151 Å². The molecule has 0 spiro atoms. The molecule has 2 heterocycles. The second-order valence-electron chi connectivity index (χ2n) is 7.96. The van der Waals surface area contributed by atoms with Gasteiger partial charge in [0.1, 0.15) is 5.69 Å². The lowest BCUT2D eigenvalue weighted by molar-refractivity contribution is 0.604. The van der Waals surface area contributed by atoms with Crippen molar-refractivity contribution in [3.63, 3.8) is 0 Å². The Kier molecular flexibility index (Phi) is 4.44. The maximum absolute atomic E-state index is 4.94. The molecule has 0 fully saturated rings. The van der Waals surface area contributed by atoms with Gasteiger partial charge in [-0.25, -0.2) is 4.98 Å². The molecule has 3 nitrogen and oxygen atoms in total. The van der Waals surface area contributed by atoms with Crippen LogP contribution in [0.15, 0.2) is 29.3 Å². The van der Waals surface area contributed by atoms with Crippen LogP contribution in [-0.4, -0.2) is 18.2 Å². The van der Waals surface area contributed by atoms with Gasteiger partial charge in [-0.05, 0) is 68.9 Å². The second-order valence-corrected chi connectivity index (χ2v) is 7.96. The van der Waals surface area contributed by atoms with Crippen LogP contribution in [0.1, 0.15) is 48.7 Å². The van der Waals surface area contributed by atoms with E-state index < -0.39 is 0 Å². The standard InChI is InChI=1S/C22H29N3/c1-14(2)10-18-8-9-20-21(24-18)25(7)22(6,13-23-20)19-12-15(3)11-16(4)17(19)5/h8-9,11-14H,10H2,1-7H3. The van der Waals surface area contributed by atoms with E-state index in [4.69, 9.17) is 9.98 Å². The molecule has 0 bridgehead atoms. The lowest BCUT2D eigenvalue weighted by atomic mass is 9.84. The number of rotatable bonds is 3. The number of benzene rings is 1. The van der Waals surface area contributed by atoms with Gasteiger partial charge in [0.15, 0.2) is 5.82 Å². The Morgan fingerprint density at radius 1 is 1.12 bits per heavy atom. The van der Waals surface area contributed by atoms with E-state index in [-0.39, 0.29) is 5.54 Å². The minimum absolute atomic E-state index is 0.294. The first-order valence-corrected chi connectivity index (χ1v) is 9.09. The van der Waals surface area contributed by atoms with Gasteiger partial charge < -0.3 is 4.90 Å². The normalized spacial score (nSPS) is 19.4. The monoisotopic (exact) mass is 335 g/mol. The molecule has 0 saturated heterocycles. The number of anilines is 1. The first kappa shape index (κ1) is 17.7. The molecule has 1 aromatic heterocycles. The van der Waals surface area contributed by atoms with Crippen LogP contribution in [0.2, 0.25) is 0 Å². The van der Waals surface area contributed by atoms with Crippen molar-refractivity contribution in [2.24, 2.45) is 10.9 Å². The van der Waals surface area contributed by atoms with Gasteiger partial charge in [0.05, 0.1) is 5.54 Å². The SMILES string of the molecule is Cc1cc(C)c(C)c(C2(C)C=Nc3ccc(CC(C)C)nc3N2C)c1. The molecule has 1 aliphatic rings. The summed E-state index contributed by atoms with van der Waals surface area (Å²) in [5.74, 6) is 1.57. The number of nitrogens with zero attached hydrogens (tertiary/aromatic N) is 3. The summed E-state index contributed by atoms with van der Waals surface area (Å²) in [6, 6.07) is 8.73. The number of aromatic nitrogens is 1. The zero-order valence-electron chi connectivity index (χ0n) is 16.5. The summed E-state index contributed by atoms with van der Waals surface area (Å²) in [4.78, 5) is 12.0. The quantitative estimate of drug-likeness (QED) is 0.764. The topological polar surface area (TPSA) is 28.5 Å². The van der Waals surface area contributed by atoms with Gasteiger partial charge in [0.2, 0.25) is 0 Å². The molecule has 1 aromatic carbocycles. The van der Waals surface area contributed by atoms with Crippen LogP contribution in [-0.2, 0) is 12.0 Å². The summed E-state index contributed by atoms with van der Waals surface area (Å²) in [5, 5.41) is 0. The first-order valence-electron chi connectivity index (χ1n) is 9.09. The van der Waals surface area contributed by atoms with Crippen molar-refractivity contribution in [3.8, 4) is 0 Å². The average molecular weight is 335 g/mol. The lowest BCUT2D eigenvalue weighted by Crippen LogP contribution is -2.45. The molecule has 3 rings (SSSR count). The molecule has 132 valence electrons. The first-order chi connectivity index (χ1) is 11.7. The summed E-state index contributed by atoms with van der Waals surface area (Å²) in [6.07, 6.45) is 3.06. The molecular formula is C22H29N3. The molecule has 2 aromatic rings. The highest BCUT2D eigenvalue weighted by Crippen LogP contribution is 2.41. The maximum Gasteiger partial charge on any atom is 0.155 e. The van der Waals surface area contributed by atoms with Crippen LogP contribution in [0.3, 0.4) is 0 Å². The van der Waals surface area contributed by atoms with Gasteiger partial charge in [-0.3, -0.25) is 4.99 Å². The molecule has 0 saturated carbocycles. The number of fused-ring (bicyclic) bond motifs is 1. The minimum Gasteiger partial charge on any atom is -0.343 e. The number of aliphatic imine (C=N–C) groups is 1. The molecular weight excluding hydrogens is 306 g/mol. The lowest BCUT2D eigenvalue weighted by Gasteiger charge is -2.41. The van der Waals surface area contributed by atoms with E-state index >= 15 is 0 Å². The van der Waals surface area contributed by atoms with E-state index in [0.717, 1.165) is 23.6 Å². The zero-order chi connectivity index (χ0) is 18.4. The third-order valence-electron chi connectivity index (χ3n) is 5.36. The molecule has 1 atom stereocenters. The summed E-state index contributed by atoms with van der Waals surface area (Å²) >= 11 is 0. The Morgan fingerprint density at radius 3 is 2.52 bits per heavy atom. The Morgan fingerprint density at radius 2 is 1.84 bits per heavy atom. The third-order valence-corrected chi connectivity index (χ3v) is 5.36. The highest BCUT2D eigenvalue weighted by Gasteiger charge is 2.36. The molecule has 0 N–H and O–H groups in total. The largest absolute Gasteiger partial charge is 0.343 e. The highest BCUT2D eigenvalue weighted by molar-refractivity contribution is 5.87. The van der Waals surface area contributed by atoms with Crippen LogP contribution in [0.25, 0.3) is 0 Å². The van der Waals surface area contributed by atoms with Gasteiger partial charge in [0, 0.05) is 19.0 Å². The zero-order valence-corrected chi connectivity index (χ0v) is 16.5. The van der Waals surface area contributed by atoms with E-state index in [1.807, 2.05) is 0 Å². The fourth-order valence-electron chi connectivity index (χ4n) is 3.68. The molecule has 3 heteroatoms. The van der Waals surface area contributed by atoms with Crippen LogP contribution in [0.5, 0.6) is 0 Å². The summed E-state index contributed by atoms with van der Waals surface area (Å²) in [5.41, 5.74) is 7.04. The van der Waals surface area contributed by atoms with Crippen molar-refractivity contribution in [2.45, 2.75) is 53.5 Å². The predicted molar refractivity (Wildman–Crippen MR) is 107 cm³/mol. The van der Waals surface area contributed by atoms with Crippen molar-refractivity contribution in [1.82, 2.24) is 4.98 Å². The van der Waals surface area contributed by atoms with Crippen molar-refractivity contribution in [3.05, 3.63) is 52.2 Å². The van der Waals surface area contributed by atoms with E-state index in [1.54, 1.807) is 0 Å². The van der Waals surface area contributed by atoms with E-state index in [1.165, 1.54) is 22.3 Å². The predicted octanol–water partition coefficient (Wildman–Crippen LogP) is 5.27. The van der Waals surface area contributed by atoms with E-state index in [9.17, 15) is 0 Å². The van der Waals surface area contributed by atoms with Crippen LogP contribution >= 0.6 is 0 Å². The maximum atomic E-state index is 4.94. The molecule has 1 aliphatic heterocycles. The summed E-state index contributed by atoms with van der Waals surface area (Å²) in [7, 11) is 2.13.